The molecule has 2 aliphatic rings. The molecule has 64 heavy (non-hydrogen) atoms. The highest BCUT2D eigenvalue weighted by atomic mass is 35.5. The second-order valence-electron chi connectivity index (χ2n) is 20.0. The Kier molecular flexibility index (Phi) is 16.0. The number of fused-ring (bicyclic) bond motifs is 2. The molecule has 4 N–H and O–H groups in total. The summed E-state index contributed by atoms with van der Waals surface area (Å²) in [6.07, 6.45) is 15.4. The Morgan fingerprint density at radius 1 is 0.719 bits per heavy atom. The number of nitrogens with zero attached hydrogens (tertiary/aromatic N) is 6. The van der Waals surface area contributed by atoms with Gasteiger partial charge in [0.15, 0.2) is 0 Å². The van der Waals surface area contributed by atoms with E-state index in [0.29, 0.717) is 17.1 Å². The Bertz CT molecular complexity index is 2640. The van der Waals surface area contributed by atoms with Crippen LogP contribution in [0.3, 0.4) is 0 Å². The molecule has 2 saturated heterocycles. The summed E-state index contributed by atoms with van der Waals surface area (Å²) in [4.78, 5) is 18.7. The quantitative estimate of drug-likeness (QED) is 0.0967. The van der Waals surface area contributed by atoms with Gasteiger partial charge in [0.25, 0.3) is 0 Å². The summed E-state index contributed by atoms with van der Waals surface area (Å²) in [7, 11) is -3.03. The van der Waals surface area contributed by atoms with Gasteiger partial charge in [0.05, 0.1) is 40.2 Å². The summed E-state index contributed by atoms with van der Waals surface area (Å²) >= 11 is 6.26. The van der Waals surface area contributed by atoms with E-state index in [9.17, 15) is 0 Å². The van der Waals surface area contributed by atoms with Crippen molar-refractivity contribution in [2.24, 2.45) is 0 Å². The van der Waals surface area contributed by atoms with E-state index in [1.54, 1.807) is 0 Å². The second-order valence-corrected chi connectivity index (χ2v) is 30.5. The standard InChI is InChI=1S/C25H33N5Si.C17H18ClN5.C8H16Si.CH4/c1-18-14-24-27-16-22(21-8-7-9-23(29-21)28-20-10-12-26-15-20)30(24)17-19(18)11-13-31(5,6)25(2,3)4;1-11-7-17-20-9-15(23(17)10-13(11)18)14-3-2-4-16(22-14)21-12-5-6-19-8-12;1-7-9(5,6)8(2,3)4;/h7-9,14,16-17,20,26H,10,12,15H2,1-6H3,(H,28,29);2-4,7,9-10,12,19H,5-6,8H2,1H3,(H,21,22);1H,2-6H3;1H4. The topological polar surface area (TPSA) is 108 Å². The van der Waals surface area contributed by atoms with Crippen LogP contribution in [0, 0.1) is 37.3 Å². The number of aryl methyl sites for hydroxylation is 2. The summed E-state index contributed by atoms with van der Waals surface area (Å²) in [6, 6.07) is 17.1. The number of hydrogen-bond acceptors (Lipinski definition) is 8. The van der Waals surface area contributed by atoms with E-state index in [1.165, 1.54) is 0 Å². The first-order chi connectivity index (χ1) is 29.7. The molecular weight excluding hydrogens is 844 g/mol. The van der Waals surface area contributed by atoms with E-state index in [-0.39, 0.29) is 12.5 Å². The number of anilines is 2. The maximum absolute atomic E-state index is 6.26. The fraction of sp³-hybridized carbons (Fsp3) is 0.451. The van der Waals surface area contributed by atoms with E-state index >= 15 is 0 Å². The molecule has 2 fully saturated rings. The van der Waals surface area contributed by atoms with Gasteiger partial charge < -0.3 is 21.3 Å². The molecular formula is C51H71ClN10Si2. The van der Waals surface area contributed by atoms with Crippen LogP contribution in [-0.4, -0.2) is 83.1 Å². The SMILES string of the molecule is C.C#C[Si](C)(C)C(C)(C)C.Cc1cc2ncc(-c3cccc(NC4CCNC4)n3)n2cc1C#C[Si](C)(C)C(C)(C)C.Cc1cc2ncc(-c3cccc(NC4CCNC4)n3)n2cc1Cl. The molecule has 0 saturated carbocycles. The normalized spacial score (nSPS) is 16.4. The van der Waals surface area contributed by atoms with Gasteiger partial charge in [-0.1, -0.05) is 105 Å². The van der Waals surface area contributed by atoms with Gasteiger partial charge in [-0.2, -0.15) is 0 Å². The van der Waals surface area contributed by atoms with E-state index in [2.05, 4.69) is 146 Å². The monoisotopic (exact) mass is 915 g/mol. The highest BCUT2D eigenvalue weighted by Crippen LogP contribution is 2.36. The van der Waals surface area contributed by atoms with Crippen molar-refractivity contribution < 1.29 is 0 Å². The molecule has 13 heteroatoms. The van der Waals surface area contributed by atoms with Crippen molar-refractivity contribution in [3.05, 3.63) is 95.0 Å². The summed E-state index contributed by atoms with van der Waals surface area (Å²) in [5.74, 6) is 5.30. The predicted octanol–water partition coefficient (Wildman–Crippen LogP) is 11.3. The molecule has 0 bridgehead atoms. The smallest absolute Gasteiger partial charge is 0.138 e. The highest BCUT2D eigenvalue weighted by molar-refractivity contribution is 6.88. The van der Waals surface area contributed by atoms with Gasteiger partial charge in [-0.05, 0) is 97.4 Å². The number of pyridine rings is 4. The lowest BCUT2D eigenvalue weighted by molar-refractivity contribution is 0.730. The zero-order chi connectivity index (χ0) is 45.7. The Morgan fingerprint density at radius 3 is 1.61 bits per heavy atom. The average molecular weight is 916 g/mol. The summed E-state index contributed by atoms with van der Waals surface area (Å²) < 4.78 is 4.10. The zero-order valence-electron chi connectivity index (χ0n) is 39.5. The van der Waals surface area contributed by atoms with Gasteiger partial charge >= 0.3 is 0 Å². The molecule has 0 amide bonds. The number of terminal acetylenes is 1. The first-order valence-corrected chi connectivity index (χ1v) is 28.5. The molecule has 10 nitrogen and oxygen atoms in total. The van der Waals surface area contributed by atoms with E-state index < -0.39 is 16.1 Å². The molecule has 8 rings (SSSR count). The Balaban J connectivity index is 0.000000205. The summed E-state index contributed by atoms with van der Waals surface area (Å²) in [6.45, 7) is 30.9. The third kappa shape index (κ3) is 12.0. The fourth-order valence-electron chi connectivity index (χ4n) is 6.64. The fourth-order valence-corrected chi connectivity index (χ4v) is 8.05. The molecule has 0 aromatic carbocycles. The van der Waals surface area contributed by atoms with E-state index in [0.717, 1.165) is 106 Å². The molecule has 2 unspecified atom stereocenters. The lowest BCUT2D eigenvalue weighted by Gasteiger charge is -2.31. The second kappa shape index (κ2) is 20.5. The van der Waals surface area contributed by atoms with Gasteiger partial charge in [-0.3, -0.25) is 8.80 Å². The molecule has 0 spiro atoms. The summed E-state index contributed by atoms with van der Waals surface area (Å²) in [5, 5.41) is 15.1. The van der Waals surface area contributed by atoms with Crippen molar-refractivity contribution in [1.82, 2.24) is 39.4 Å². The predicted molar refractivity (Wildman–Crippen MR) is 278 cm³/mol. The minimum absolute atomic E-state index is 0. The van der Waals surface area contributed by atoms with Crippen LogP contribution < -0.4 is 21.3 Å². The Hall–Kier alpha value is -4.96. The molecule has 2 aliphatic heterocycles. The van der Waals surface area contributed by atoms with Gasteiger partial charge in [0.1, 0.15) is 39.1 Å². The summed E-state index contributed by atoms with van der Waals surface area (Å²) in [5.41, 5.74) is 15.3. The lowest BCUT2D eigenvalue weighted by atomic mass is 10.1. The van der Waals surface area contributed by atoms with Crippen LogP contribution >= 0.6 is 11.6 Å². The third-order valence-electron chi connectivity index (χ3n) is 13.1. The van der Waals surface area contributed by atoms with Crippen molar-refractivity contribution in [3.63, 3.8) is 0 Å². The van der Waals surface area contributed by atoms with Gasteiger partial charge in [-0.25, -0.2) is 19.9 Å². The van der Waals surface area contributed by atoms with Crippen molar-refractivity contribution in [1.29, 1.82) is 0 Å². The van der Waals surface area contributed by atoms with Crippen LogP contribution in [0.4, 0.5) is 11.6 Å². The molecule has 340 valence electrons. The van der Waals surface area contributed by atoms with Gasteiger partial charge in [-0.15, -0.1) is 17.5 Å². The van der Waals surface area contributed by atoms with Crippen molar-refractivity contribution in [2.45, 2.75) is 124 Å². The minimum Gasteiger partial charge on any atom is -0.366 e. The van der Waals surface area contributed by atoms with Crippen LogP contribution in [0.1, 0.15) is 78.5 Å². The molecule has 6 aromatic heterocycles. The molecule has 6 aromatic rings. The van der Waals surface area contributed by atoms with Gasteiger partial charge in [0, 0.05) is 43.1 Å². The lowest BCUT2D eigenvalue weighted by Crippen LogP contribution is -2.35. The number of rotatable bonds is 6. The molecule has 0 radical (unpaired) electrons. The molecule has 0 aliphatic carbocycles. The maximum Gasteiger partial charge on any atom is 0.138 e. The van der Waals surface area contributed by atoms with E-state index in [1.807, 2.05) is 66.3 Å². The van der Waals surface area contributed by atoms with Gasteiger partial charge in [0.2, 0.25) is 0 Å². The zero-order valence-corrected chi connectivity index (χ0v) is 42.2. The van der Waals surface area contributed by atoms with Crippen LogP contribution in [0.15, 0.2) is 73.3 Å². The number of hydrogen-bond donors (Lipinski definition) is 4. The molecule has 8 heterocycles. The van der Waals surface area contributed by atoms with Crippen molar-refractivity contribution in [2.75, 3.05) is 36.8 Å². The third-order valence-corrected chi connectivity index (χ3v) is 22.5. The van der Waals surface area contributed by atoms with Crippen LogP contribution in [-0.2, 0) is 0 Å². The number of halogens is 1. The van der Waals surface area contributed by atoms with Crippen molar-refractivity contribution in [3.8, 4) is 46.2 Å². The highest BCUT2D eigenvalue weighted by Gasteiger charge is 2.34. The first-order valence-electron chi connectivity index (χ1n) is 22.2. The first kappa shape index (κ1) is 50.0. The van der Waals surface area contributed by atoms with Crippen LogP contribution in [0.2, 0.25) is 41.3 Å². The van der Waals surface area contributed by atoms with E-state index in [4.69, 9.17) is 28.0 Å². The van der Waals surface area contributed by atoms with Crippen LogP contribution in [0.5, 0.6) is 0 Å². The Labute approximate surface area is 390 Å². The largest absolute Gasteiger partial charge is 0.366 e. The maximum atomic E-state index is 6.26. The Morgan fingerprint density at radius 2 is 1.19 bits per heavy atom. The average Bonchev–Trinajstić information content (AvgIpc) is 4.07. The minimum atomic E-state index is -1.68. The number of aromatic nitrogens is 6. The number of imidazole rings is 2. The number of nitrogens with one attached hydrogen (secondary N) is 4. The van der Waals surface area contributed by atoms with Crippen LogP contribution in [0.25, 0.3) is 34.1 Å². The molecule has 2 atom stereocenters. The van der Waals surface area contributed by atoms with Crippen molar-refractivity contribution >= 4 is 50.7 Å².